The maximum atomic E-state index is 12.8. The quantitative estimate of drug-likeness (QED) is 0.668. The van der Waals surface area contributed by atoms with E-state index in [1.165, 1.54) is 6.07 Å². The van der Waals surface area contributed by atoms with Crippen LogP contribution < -0.4 is 4.74 Å². The molecule has 62 valence electrons. The SMILES string of the molecule is CCOc1cc(C#N)ncc1F. The zero-order chi connectivity index (χ0) is 8.97. The van der Waals surface area contributed by atoms with Gasteiger partial charge in [0.05, 0.1) is 12.8 Å². The number of rotatable bonds is 2. The summed E-state index contributed by atoms with van der Waals surface area (Å²) in [5, 5.41) is 8.43. The van der Waals surface area contributed by atoms with Crippen molar-refractivity contribution >= 4 is 0 Å². The fourth-order valence-electron chi connectivity index (χ4n) is 0.747. The highest BCUT2D eigenvalue weighted by atomic mass is 19.1. The van der Waals surface area contributed by atoms with Crippen molar-refractivity contribution in [1.29, 1.82) is 5.26 Å². The molecular weight excluding hydrogens is 159 g/mol. The third-order valence-electron chi connectivity index (χ3n) is 1.23. The molecule has 0 aliphatic heterocycles. The summed E-state index contributed by atoms with van der Waals surface area (Å²) in [6, 6.07) is 3.07. The van der Waals surface area contributed by atoms with E-state index in [-0.39, 0.29) is 11.4 Å². The largest absolute Gasteiger partial charge is 0.491 e. The molecule has 4 heteroatoms. The van der Waals surface area contributed by atoms with E-state index in [4.69, 9.17) is 10.00 Å². The van der Waals surface area contributed by atoms with Gasteiger partial charge in [-0.1, -0.05) is 0 Å². The molecule has 1 aromatic rings. The van der Waals surface area contributed by atoms with Crippen LogP contribution in [0.25, 0.3) is 0 Å². The lowest BCUT2D eigenvalue weighted by Gasteiger charge is -2.02. The summed E-state index contributed by atoms with van der Waals surface area (Å²) < 4.78 is 17.7. The number of aromatic nitrogens is 1. The average molecular weight is 166 g/mol. The monoisotopic (exact) mass is 166 g/mol. The normalized spacial score (nSPS) is 9.08. The van der Waals surface area contributed by atoms with E-state index in [9.17, 15) is 4.39 Å². The summed E-state index contributed by atoms with van der Waals surface area (Å²) in [5.74, 6) is -0.472. The smallest absolute Gasteiger partial charge is 0.183 e. The molecule has 0 bridgehead atoms. The molecule has 0 spiro atoms. The zero-order valence-corrected chi connectivity index (χ0v) is 6.54. The molecule has 0 aliphatic carbocycles. The molecule has 3 nitrogen and oxygen atoms in total. The maximum Gasteiger partial charge on any atom is 0.183 e. The number of halogens is 1. The molecule has 0 saturated carbocycles. The van der Waals surface area contributed by atoms with Crippen molar-refractivity contribution in [2.24, 2.45) is 0 Å². The van der Waals surface area contributed by atoms with Crippen molar-refractivity contribution in [2.75, 3.05) is 6.61 Å². The van der Waals surface area contributed by atoms with Crippen LogP contribution in [0.3, 0.4) is 0 Å². The van der Waals surface area contributed by atoms with Crippen LogP contribution in [-0.2, 0) is 0 Å². The highest BCUT2D eigenvalue weighted by Crippen LogP contribution is 2.15. The first-order valence-corrected chi connectivity index (χ1v) is 3.46. The lowest BCUT2D eigenvalue weighted by Crippen LogP contribution is -1.96. The van der Waals surface area contributed by atoms with Crippen molar-refractivity contribution < 1.29 is 9.13 Å². The molecule has 1 rings (SSSR count). The van der Waals surface area contributed by atoms with Crippen LogP contribution >= 0.6 is 0 Å². The van der Waals surface area contributed by atoms with E-state index in [1.807, 2.05) is 0 Å². The van der Waals surface area contributed by atoms with E-state index in [1.54, 1.807) is 13.0 Å². The third kappa shape index (κ3) is 1.70. The van der Waals surface area contributed by atoms with Crippen molar-refractivity contribution in [3.63, 3.8) is 0 Å². The van der Waals surface area contributed by atoms with Gasteiger partial charge in [0.2, 0.25) is 0 Å². The lowest BCUT2D eigenvalue weighted by atomic mass is 10.3. The Morgan fingerprint density at radius 1 is 1.75 bits per heavy atom. The second kappa shape index (κ2) is 3.67. The van der Waals surface area contributed by atoms with E-state index in [2.05, 4.69) is 4.98 Å². The fourth-order valence-corrected chi connectivity index (χ4v) is 0.747. The van der Waals surface area contributed by atoms with Gasteiger partial charge in [-0.3, -0.25) is 0 Å². The number of hydrogen-bond donors (Lipinski definition) is 0. The first-order chi connectivity index (χ1) is 5.77. The van der Waals surface area contributed by atoms with Crippen LogP contribution in [0.4, 0.5) is 4.39 Å². The van der Waals surface area contributed by atoms with Crippen molar-refractivity contribution in [1.82, 2.24) is 4.98 Å². The van der Waals surface area contributed by atoms with Gasteiger partial charge >= 0.3 is 0 Å². The first-order valence-electron chi connectivity index (χ1n) is 3.46. The van der Waals surface area contributed by atoms with Crippen LogP contribution in [0.1, 0.15) is 12.6 Å². The lowest BCUT2D eigenvalue weighted by molar-refractivity contribution is 0.320. The first kappa shape index (κ1) is 8.47. The molecule has 0 aliphatic rings. The summed E-state index contributed by atoms with van der Waals surface area (Å²) in [6.45, 7) is 2.11. The topological polar surface area (TPSA) is 45.9 Å². The number of nitriles is 1. The Morgan fingerprint density at radius 3 is 3.08 bits per heavy atom. The fraction of sp³-hybridized carbons (Fsp3) is 0.250. The number of hydrogen-bond acceptors (Lipinski definition) is 3. The highest BCUT2D eigenvalue weighted by molar-refractivity contribution is 5.30. The van der Waals surface area contributed by atoms with Gasteiger partial charge in [-0.2, -0.15) is 5.26 Å². The molecule has 0 fully saturated rings. The Hall–Kier alpha value is -1.63. The molecule has 0 unspecified atom stereocenters. The van der Waals surface area contributed by atoms with E-state index < -0.39 is 5.82 Å². The summed E-state index contributed by atoms with van der Waals surface area (Å²) >= 11 is 0. The van der Waals surface area contributed by atoms with Gasteiger partial charge in [-0.25, -0.2) is 9.37 Å². The zero-order valence-electron chi connectivity index (χ0n) is 6.54. The van der Waals surface area contributed by atoms with Gasteiger partial charge in [0.25, 0.3) is 0 Å². The minimum absolute atomic E-state index is 0.0732. The third-order valence-corrected chi connectivity index (χ3v) is 1.23. The summed E-state index contributed by atoms with van der Waals surface area (Å²) in [4.78, 5) is 3.52. The summed E-state index contributed by atoms with van der Waals surface area (Å²) in [6.07, 6.45) is 0.976. The molecule has 0 aromatic carbocycles. The molecule has 0 saturated heterocycles. The van der Waals surface area contributed by atoms with E-state index in [0.717, 1.165) is 6.20 Å². The molecular formula is C8H7FN2O. The van der Waals surface area contributed by atoms with Gasteiger partial charge in [0.15, 0.2) is 11.6 Å². The highest BCUT2D eigenvalue weighted by Gasteiger charge is 2.04. The van der Waals surface area contributed by atoms with Crippen LogP contribution in [0.15, 0.2) is 12.3 Å². The van der Waals surface area contributed by atoms with Crippen LogP contribution in [0, 0.1) is 17.1 Å². The molecule has 0 atom stereocenters. The number of ether oxygens (including phenoxy) is 1. The predicted octanol–water partition coefficient (Wildman–Crippen LogP) is 1.49. The Labute approximate surface area is 69.4 Å². The molecule has 1 aromatic heterocycles. The van der Waals surface area contributed by atoms with Crippen LogP contribution in [0.2, 0.25) is 0 Å². The van der Waals surface area contributed by atoms with Gasteiger partial charge in [0, 0.05) is 6.07 Å². The van der Waals surface area contributed by atoms with Gasteiger partial charge in [0.1, 0.15) is 11.8 Å². The van der Waals surface area contributed by atoms with Gasteiger partial charge in [-0.15, -0.1) is 0 Å². The molecule has 0 amide bonds. The minimum Gasteiger partial charge on any atom is -0.491 e. The Bertz CT molecular complexity index is 319. The van der Waals surface area contributed by atoms with Crippen LogP contribution in [0.5, 0.6) is 5.75 Å². The van der Waals surface area contributed by atoms with Gasteiger partial charge < -0.3 is 4.74 Å². The van der Waals surface area contributed by atoms with Crippen molar-refractivity contribution in [3.05, 3.63) is 23.8 Å². The van der Waals surface area contributed by atoms with E-state index in [0.29, 0.717) is 6.61 Å². The van der Waals surface area contributed by atoms with E-state index >= 15 is 0 Å². The Morgan fingerprint density at radius 2 is 2.50 bits per heavy atom. The summed E-state index contributed by atoms with van der Waals surface area (Å²) in [7, 11) is 0. The Kier molecular flexibility index (Phi) is 2.59. The Balaban J connectivity index is 3.01. The van der Waals surface area contributed by atoms with Crippen molar-refractivity contribution in [3.8, 4) is 11.8 Å². The second-order valence-corrected chi connectivity index (χ2v) is 2.04. The molecule has 1 heterocycles. The molecule has 0 radical (unpaired) electrons. The number of pyridine rings is 1. The molecule has 12 heavy (non-hydrogen) atoms. The van der Waals surface area contributed by atoms with Crippen LogP contribution in [-0.4, -0.2) is 11.6 Å². The van der Waals surface area contributed by atoms with Crippen molar-refractivity contribution in [2.45, 2.75) is 6.92 Å². The van der Waals surface area contributed by atoms with Gasteiger partial charge in [-0.05, 0) is 6.92 Å². The summed E-state index contributed by atoms with van der Waals surface area (Å²) in [5.41, 5.74) is 0.153. The maximum absolute atomic E-state index is 12.8. The predicted molar refractivity (Wildman–Crippen MR) is 40.1 cm³/mol. The number of nitrogens with zero attached hydrogens (tertiary/aromatic N) is 2. The standard InChI is InChI=1S/C8H7FN2O/c1-2-12-8-3-6(4-10)11-5-7(8)9/h3,5H,2H2,1H3. The second-order valence-electron chi connectivity index (χ2n) is 2.04. The minimum atomic E-state index is -0.546. The molecule has 0 N–H and O–H groups in total. The average Bonchev–Trinajstić information content (AvgIpc) is 2.09.